The largest absolute Gasteiger partial charge is 0.374 e. The molecule has 0 aromatic heterocycles. The van der Waals surface area contributed by atoms with Crippen molar-refractivity contribution in [1.82, 2.24) is 0 Å². The fourth-order valence-electron chi connectivity index (χ4n) is 2.01. The molecule has 0 heterocycles. The molecule has 1 aliphatic rings. The number of benzene rings is 1. The summed E-state index contributed by atoms with van der Waals surface area (Å²) in [5.74, 6) is 0. The number of aryl methyl sites for hydroxylation is 1. The monoisotopic (exact) mass is 205 g/mol. The Morgan fingerprint density at radius 1 is 1.27 bits per heavy atom. The first-order valence-corrected chi connectivity index (χ1v) is 5.65. The second-order valence-corrected chi connectivity index (χ2v) is 4.29. The number of ether oxygens (including phenoxy) is 1. The summed E-state index contributed by atoms with van der Waals surface area (Å²) < 4.78 is 5.54. The summed E-state index contributed by atoms with van der Waals surface area (Å²) in [5.41, 5.74) is 8.23. The van der Waals surface area contributed by atoms with Gasteiger partial charge in [0.25, 0.3) is 0 Å². The maximum Gasteiger partial charge on any atom is 0.0929 e. The Balaban J connectivity index is 2.04. The van der Waals surface area contributed by atoms with Gasteiger partial charge in [-0.2, -0.15) is 0 Å². The second-order valence-electron chi connectivity index (χ2n) is 4.29. The molecule has 2 rings (SSSR count). The van der Waals surface area contributed by atoms with E-state index in [-0.39, 0.29) is 5.60 Å². The van der Waals surface area contributed by atoms with Gasteiger partial charge in [-0.1, -0.05) is 24.3 Å². The maximum absolute atomic E-state index is 5.54. The highest BCUT2D eigenvalue weighted by Crippen LogP contribution is 2.48. The van der Waals surface area contributed by atoms with Crippen molar-refractivity contribution in [3.8, 4) is 0 Å². The lowest BCUT2D eigenvalue weighted by Crippen LogP contribution is -2.08. The number of rotatable bonds is 5. The van der Waals surface area contributed by atoms with Crippen molar-refractivity contribution in [3.63, 3.8) is 0 Å². The Morgan fingerprint density at radius 2 is 1.93 bits per heavy atom. The van der Waals surface area contributed by atoms with E-state index in [1.165, 1.54) is 11.1 Å². The summed E-state index contributed by atoms with van der Waals surface area (Å²) in [7, 11) is 1.80. The molecule has 1 aliphatic carbocycles. The molecule has 1 saturated carbocycles. The average Bonchev–Trinajstić information content (AvgIpc) is 3.08. The topological polar surface area (TPSA) is 35.2 Å². The van der Waals surface area contributed by atoms with Gasteiger partial charge in [-0.15, -0.1) is 0 Å². The van der Waals surface area contributed by atoms with Gasteiger partial charge in [0.1, 0.15) is 0 Å². The van der Waals surface area contributed by atoms with Crippen LogP contribution in [-0.2, 0) is 16.8 Å². The summed E-state index contributed by atoms with van der Waals surface area (Å²) in [5, 5.41) is 0. The van der Waals surface area contributed by atoms with Crippen LogP contribution in [0.25, 0.3) is 0 Å². The minimum atomic E-state index is 0.0480. The van der Waals surface area contributed by atoms with Crippen molar-refractivity contribution < 1.29 is 4.74 Å². The number of methoxy groups -OCH3 is 1. The quantitative estimate of drug-likeness (QED) is 0.800. The maximum atomic E-state index is 5.54. The molecule has 2 nitrogen and oxygen atoms in total. The SMILES string of the molecule is COC1(c2ccc(CCCN)cc2)CC1. The third-order valence-electron chi connectivity index (χ3n) is 3.24. The van der Waals surface area contributed by atoms with E-state index < -0.39 is 0 Å². The molecular weight excluding hydrogens is 186 g/mol. The van der Waals surface area contributed by atoms with Gasteiger partial charge in [0.15, 0.2) is 0 Å². The first-order valence-electron chi connectivity index (χ1n) is 5.65. The summed E-state index contributed by atoms with van der Waals surface area (Å²) in [4.78, 5) is 0. The van der Waals surface area contributed by atoms with Crippen LogP contribution in [0.1, 0.15) is 30.4 Å². The molecule has 0 saturated heterocycles. The molecule has 15 heavy (non-hydrogen) atoms. The minimum Gasteiger partial charge on any atom is -0.374 e. The molecule has 1 aromatic carbocycles. The van der Waals surface area contributed by atoms with Crippen LogP contribution in [0.15, 0.2) is 24.3 Å². The van der Waals surface area contributed by atoms with Gasteiger partial charge >= 0.3 is 0 Å². The molecule has 0 aliphatic heterocycles. The standard InChI is InChI=1S/C13H19NO/c1-15-13(8-9-13)12-6-4-11(5-7-12)3-2-10-14/h4-7H,2-3,8-10,14H2,1H3. The van der Waals surface area contributed by atoms with Gasteiger partial charge in [-0.3, -0.25) is 0 Å². The first-order chi connectivity index (χ1) is 7.30. The third-order valence-corrected chi connectivity index (χ3v) is 3.24. The molecule has 2 N–H and O–H groups in total. The molecule has 0 unspecified atom stereocenters. The van der Waals surface area contributed by atoms with Crippen molar-refractivity contribution in [3.05, 3.63) is 35.4 Å². The van der Waals surface area contributed by atoms with E-state index in [0.29, 0.717) is 0 Å². The van der Waals surface area contributed by atoms with E-state index in [0.717, 1.165) is 32.2 Å². The smallest absolute Gasteiger partial charge is 0.0929 e. The summed E-state index contributed by atoms with van der Waals surface area (Å²) in [6.45, 7) is 0.768. The van der Waals surface area contributed by atoms with Gasteiger partial charge in [0, 0.05) is 7.11 Å². The van der Waals surface area contributed by atoms with Crippen LogP contribution in [-0.4, -0.2) is 13.7 Å². The van der Waals surface area contributed by atoms with Crippen LogP contribution in [0.4, 0.5) is 0 Å². The van der Waals surface area contributed by atoms with E-state index in [1.54, 1.807) is 7.11 Å². The lowest BCUT2D eigenvalue weighted by molar-refractivity contribution is 0.0789. The molecule has 1 fully saturated rings. The molecule has 2 heteroatoms. The Bertz CT molecular complexity index is 314. The fourth-order valence-corrected chi connectivity index (χ4v) is 2.01. The van der Waals surface area contributed by atoms with E-state index in [1.807, 2.05) is 0 Å². The summed E-state index contributed by atoms with van der Waals surface area (Å²) >= 11 is 0. The van der Waals surface area contributed by atoms with Gasteiger partial charge in [-0.25, -0.2) is 0 Å². The molecule has 82 valence electrons. The lowest BCUT2D eigenvalue weighted by Gasteiger charge is -2.13. The summed E-state index contributed by atoms with van der Waals surface area (Å²) in [6, 6.07) is 8.79. The zero-order chi connectivity index (χ0) is 10.7. The number of hydrogen-bond acceptors (Lipinski definition) is 2. The highest BCUT2D eigenvalue weighted by Gasteiger charge is 2.44. The average molecular weight is 205 g/mol. The van der Waals surface area contributed by atoms with Crippen LogP contribution in [0.3, 0.4) is 0 Å². The third kappa shape index (κ3) is 2.21. The second kappa shape index (κ2) is 4.33. The van der Waals surface area contributed by atoms with Gasteiger partial charge in [0.2, 0.25) is 0 Å². The van der Waals surface area contributed by atoms with E-state index in [9.17, 15) is 0 Å². The molecule has 0 atom stereocenters. The highest BCUT2D eigenvalue weighted by molar-refractivity contribution is 5.31. The summed E-state index contributed by atoms with van der Waals surface area (Å²) in [6.07, 6.45) is 4.46. The van der Waals surface area contributed by atoms with Crippen molar-refractivity contribution in [1.29, 1.82) is 0 Å². The van der Waals surface area contributed by atoms with Crippen LogP contribution >= 0.6 is 0 Å². The van der Waals surface area contributed by atoms with Crippen LogP contribution < -0.4 is 5.73 Å². The van der Waals surface area contributed by atoms with Gasteiger partial charge in [-0.05, 0) is 43.4 Å². The van der Waals surface area contributed by atoms with E-state index in [2.05, 4.69) is 24.3 Å². The number of nitrogens with two attached hydrogens (primary N) is 1. The van der Waals surface area contributed by atoms with Crippen LogP contribution in [0, 0.1) is 0 Å². The molecule has 0 amide bonds. The predicted molar refractivity (Wildman–Crippen MR) is 61.7 cm³/mol. The molecule has 0 bridgehead atoms. The van der Waals surface area contributed by atoms with Crippen molar-refractivity contribution in [2.24, 2.45) is 5.73 Å². The van der Waals surface area contributed by atoms with Gasteiger partial charge < -0.3 is 10.5 Å². The lowest BCUT2D eigenvalue weighted by atomic mass is 10.0. The zero-order valence-electron chi connectivity index (χ0n) is 9.33. The predicted octanol–water partition coefficient (Wildman–Crippen LogP) is 2.21. The molecule has 1 aromatic rings. The van der Waals surface area contributed by atoms with Gasteiger partial charge in [0.05, 0.1) is 5.60 Å². The zero-order valence-corrected chi connectivity index (χ0v) is 9.33. The van der Waals surface area contributed by atoms with Crippen molar-refractivity contribution >= 4 is 0 Å². The molecular formula is C13H19NO. The Morgan fingerprint density at radius 3 is 2.40 bits per heavy atom. The first kappa shape index (κ1) is 10.7. The van der Waals surface area contributed by atoms with E-state index >= 15 is 0 Å². The molecule has 0 radical (unpaired) electrons. The van der Waals surface area contributed by atoms with Crippen LogP contribution in [0.2, 0.25) is 0 Å². The normalized spacial score (nSPS) is 17.7. The van der Waals surface area contributed by atoms with Crippen LogP contribution in [0.5, 0.6) is 0 Å². The Labute approximate surface area is 91.4 Å². The molecule has 0 spiro atoms. The number of hydrogen-bond donors (Lipinski definition) is 1. The van der Waals surface area contributed by atoms with Crippen molar-refractivity contribution in [2.45, 2.75) is 31.3 Å². The minimum absolute atomic E-state index is 0.0480. The van der Waals surface area contributed by atoms with E-state index in [4.69, 9.17) is 10.5 Å². The highest BCUT2D eigenvalue weighted by atomic mass is 16.5. The Kier molecular flexibility index (Phi) is 3.08. The fraction of sp³-hybridized carbons (Fsp3) is 0.538. The Hall–Kier alpha value is -0.860. The van der Waals surface area contributed by atoms with Crippen molar-refractivity contribution in [2.75, 3.05) is 13.7 Å².